The summed E-state index contributed by atoms with van der Waals surface area (Å²) in [4.78, 5) is 0. The molecule has 0 radical (unpaired) electrons. The minimum atomic E-state index is -2.12. The predicted molar refractivity (Wildman–Crippen MR) is 113 cm³/mol. The summed E-state index contributed by atoms with van der Waals surface area (Å²) < 4.78 is 27.7. The van der Waals surface area contributed by atoms with Crippen molar-refractivity contribution in [2.75, 3.05) is 19.7 Å². The van der Waals surface area contributed by atoms with E-state index in [1.54, 1.807) is 18.2 Å². The Morgan fingerprint density at radius 1 is 1.31 bits per heavy atom. The van der Waals surface area contributed by atoms with Gasteiger partial charge in [0.25, 0.3) is 0 Å². The Balaban J connectivity index is 1.45. The zero-order valence-corrected chi connectivity index (χ0v) is 17.4. The fraction of sp³-hybridized carbons (Fsp3) is 0.316. The summed E-state index contributed by atoms with van der Waals surface area (Å²) in [5, 5.41) is 22.2. The smallest absolute Gasteiger partial charge is 0.232 e. The molecule has 1 heterocycles. The summed E-state index contributed by atoms with van der Waals surface area (Å²) in [7, 11) is 0. The number of aliphatic hydroxyl groups is 1. The Hall–Kier alpha value is -2.01. The van der Waals surface area contributed by atoms with Crippen molar-refractivity contribution in [3.05, 3.63) is 58.2 Å². The van der Waals surface area contributed by atoms with Gasteiger partial charge in [0.2, 0.25) is 11.3 Å². The zero-order chi connectivity index (χ0) is 20.8. The standard InChI is InChI=1S/C19H23ClN4O4S/c1-12-16-4-3-15(9-18(16)24-23-12)28-7-6-21-11-19(25)13-2-5-17(20)14(8-13)10-22-29(26)27/h2-5,8-9,19,21-22,25H,6-7,10-11H2,1H3,(H,23,24)(H,26,27). The molecule has 0 aliphatic heterocycles. The largest absolute Gasteiger partial charge is 0.492 e. The molecule has 2 atom stereocenters. The highest BCUT2D eigenvalue weighted by atomic mass is 35.5. The number of aromatic amines is 1. The molecule has 0 fully saturated rings. The molecule has 1 aromatic heterocycles. The highest BCUT2D eigenvalue weighted by Gasteiger charge is 2.11. The van der Waals surface area contributed by atoms with Crippen molar-refractivity contribution in [3.63, 3.8) is 0 Å². The molecule has 0 aliphatic rings. The third kappa shape index (κ3) is 5.99. The van der Waals surface area contributed by atoms with E-state index < -0.39 is 17.4 Å². The number of benzene rings is 2. The highest BCUT2D eigenvalue weighted by Crippen LogP contribution is 2.22. The van der Waals surface area contributed by atoms with E-state index in [4.69, 9.17) is 20.9 Å². The second-order valence-electron chi connectivity index (χ2n) is 6.52. The highest BCUT2D eigenvalue weighted by molar-refractivity contribution is 7.77. The van der Waals surface area contributed by atoms with Crippen molar-refractivity contribution in [3.8, 4) is 5.75 Å². The Bertz CT molecular complexity index is 997. The number of halogens is 1. The Kier molecular flexibility index (Phi) is 7.59. The molecule has 3 rings (SSSR count). The third-order valence-corrected chi connectivity index (χ3v) is 5.20. The normalized spacial score (nSPS) is 13.5. The van der Waals surface area contributed by atoms with Crippen molar-refractivity contribution < 1.29 is 18.6 Å². The second kappa shape index (κ2) is 10.1. The van der Waals surface area contributed by atoms with Gasteiger partial charge in [0, 0.05) is 41.8 Å². The fourth-order valence-electron chi connectivity index (χ4n) is 2.89. The van der Waals surface area contributed by atoms with Gasteiger partial charge < -0.3 is 15.2 Å². The molecular weight excluding hydrogens is 416 g/mol. The summed E-state index contributed by atoms with van der Waals surface area (Å²) in [5.41, 5.74) is 3.19. The number of nitrogens with one attached hydrogen (secondary N) is 3. The van der Waals surface area contributed by atoms with Crippen LogP contribution in [0, 0.1) is 6.92 Å². The Labute approximate surface area is 176 Å². The van der Waals surface area contributed by atoms with E-state index in [-0.39, 0.29) is 6.54 Å². The van der Waals surface area contributed by atoms with Gasteiger partial charge in [0.1, 0.15) is 12.4 Å². The number of H-pyrrole nitrogens is 1. The van der Waals surface area contributed by atoms with E-state index in [0.29, 0.717) is 35.8 Å². The molecule has 0 amide bonds. The summed E-state index contributed by atoms with van der Waals surface area (Å²) in [6, 6.07) is 10.9. The lowest BCUT2D eigenvalue weighted by Crippen LogP contribution is -2.26. The van der Waals surface area contributed by atoms with Crippen molar-refractivity contribution >= 4 is 33.8 Å². The number of hydrogen-bond donors (Lipinski definition) is 5. The lowest BCUT2D eigenvalue weighted by molar-refractivity contribution is 0.172. The number of nitrogens with zero attached hydrogens (tertiary/aromatic N) is 1. The molecule has 8 nitrogen and oxygen atoms in total. The van der Waals surface area contributed by atoms with Crippen LogP contribution in [0.2, 0.25) is 5.02 Å². The number of rotatable bonds is 10. The van der Waals surface area contributed by atoms with Gasteiger partial charge in [-0.05, 0) is 36.2 Å². The van der Waals surface area contributed by atoms with Crippen molar-refractivity contribution in [1.82, 2.24) is 20.2 Å². The molecule has 29 heavy (non-hydrogen) atoms. The van der Waals surface area contributed by atoms with Crippen LogP contribution in [0.3, 0.4) is 0 Å². The number of fused-ring (bicyclic) bond motifs is 1. The predicted octanol–water partition coefficient (Wildman–Crippen LogP) is 2.45. The molecule has 0 saturated carbocycles. The number of ether oxygens (including phenoxy) is 1. The summed E-state index contributed by atoms with van der Waals surface area (Å²) in [6.07, 6.45) is -0.742. The maximum atomic E-state index is 10.8. The van der Waals surface area contributed by atoms with Crippen LogP contribution >= 0.6 is 11.6 Å². The van der Waals surface area contributed by atoms with Gasteiger partial charge >= 0.3 is 0 Å². The summed E-state index contributed by atoms with van der Waals surface area (Å²) in [5.74, 6) is 0.738. The van der Waals surface area contributed by atoms with Crippen LogP contribution in [0.5, 0.6) is 5.75 Å². The molecule has 2 aromatic carbocycles. The Morgan fingerprint density at radius 3 is 2.93 bits per heavy atom. The van der Waals surface area contributed by atoms with Crippen LogP contribution in [0.1, 0.15) is 22.9 Å². The third-order valence-electron chi connectivity index (χ3n) is 4.44. The van der Waals surface area contributed by atoms with Crippen LogP contribution in [-0.4, -0.2) is 43.8 Å². The monoisotopic (exact) mass is 438 g/mol. The topological polar surface area (TPSA) is 120 Å². The molecule has 0 spiro atoms. The van der Waals surface area contributed by atoms with Gasteiger partial charge in [-0.25, -0.2) is 8.93 Å². The van der Waals surface area contributed by atoms with E-state index in [9.17, 15) is 9.32 Å². The molecule has 0 aliphatic carbocycles. The first kappa shape index (κ1) is 21.7. The lowest BCUT2D eigenvalue weighted by Gasteiger charge is -2.14. The van der Waals surface area contributed by atoms with Gasteiger partial charge in [-0.15, -0.1) is 0 Å². The van der Waals surface area contributed by atoms with E-state index in [0.717, 1.165) is 22.3 Å². The SMILES string of the molecule is Cc1[nH]nc2cc(OCCNCC(O)c3ccc(Cl)c(CNS(=O)O)c3)ccc12. The van der Waals surface area contributed by atoms with Crippen LogP contribution in [0.25, 0.3) is 10.9 Å². The average molecular weight is 439 g/mol. The van der Waals surface area contributed by atoms with Gasteiger partial charge in [0.05, 0.1) is 11.6 Å². The minimum absolute atomic E-state index is 0.129. The molecule has 3 aromatic rings. The molecule has 10 heteroatoms. The maximum Gasteiger partial charge on any atom is 0.232 e. The van der Waals surface area contributed by atoms with E-state index in [1.807, 2.05) is 25.1 Å². The van der Waals surface area contributed by atoms with Crippen molar-refractivity contribution in [1.29, 1.82) is 0 Å². The number of aliphatic hydroxyl groups excluding tert-OH is 1. The Morgan fingerprint density at radius 2 is 2.14 bits per heavy atom. The van der Waals surface area contributed by atoms with Gasteiger partial charge in [-0.3, -0.25) is 9.65 Å². The quantitative estimate of drug-likeness (QED) is 0.245. The maximum absolute atomic E-state index is 10.8. The number of hydrogen-bond acceptors (Lipinski definition) is 5. The first-order chi connectivity index (χ1) is 13.9. The van der Waals surface area contributed by atoms with Crippen molar-refractivity contribution in [2.24, 2.45) is 0 Å². The van der Waals surface area contributed by atoms with Gasteiger partial charge in [-0.2, -0.15) is 5.10 Å². The molecular formula is C19H23ClN4O4S. The van der Waals surface area contributed by atoms with E-state index in [1.165, 1.54) is 0 Å². The lowest BCUT2D eigenvalue weighted by atomic mass is 10.1. The minimum Gasteiger partial charge on any atom is -0.492 e. The fourth-order valence-corrected chi connectivity index (χ4v) is 3.35. The van der Waals surface area contributed by atoms with E-state index >= 15 is 0 Å². The number of aryl methyl sites for hydroxylation is 1. The molecule has 2 unspecified atom stereocenters. The van der Waals surface area contributed by atoms with Crippen LogP contribution in [0.4, 0.5) is 0 Å². The first-order valence-electron chi connectivity index (χ1n) is 9.03. The zero-order valence-electron chi connectivity index (χ0n) is 15.8. The summed E-state index contributed by atoms with van der Waals surface area (Å²) >= 11 is 3.96. The average Bonchev–Trinajstić information content (AvgIpc) is 3.07. The first-order valence-corrected chi connectivity index (χ1v) is 10.5. The second-order valence-corrected chi connectivity index (χ2v) is 7.71. The molecule has 156 valence electrons. The molecule has 5 N–H and O–H groups in total. The summed E-state index contributed by atoms with van der Waals surface area (Å²) in [6.45, 7) is 3.43. The van der Waals surface area contributed by atoms with Gasteiger partial charge in [-0.1, -0.05) is 23.7 Å². The van der Waals surface area contributed by atoms with Crippen molar-refractivity contribution in [2.45, 2.75) is 19.6 Å². The molecule has 0 bridgehead atoms. The van der Waals surface area contributed by atoms with E-state index in [2.05, 4.69) is 20.2 Å². The van der Waals surface area contributed by atoms with Gasteiger partial charge in [0.15, 0.2) is 0 Å². The number of aromatic nitrogens is 2. The van der Waals surface area contributed by atoms with Crippen LogP contribution < -0.4 is 14.8 Å². The molecule has 0 saturated heterocycles. The van der Waals surface area contributed by atoms with Crippen LogP contribution in [0.15, 0.2) is 36.4 Å². The van der Waals surface area contributed by atoms with Crippen LogP contribution in [-0.2, 0) is 17.8 Å².